The molecule has 0 unspecified atom stereocenters. The van der Waals surface area contributed by atoms with Crippen molar-refractivity contribution in [2.75, 3.05) is 13.2 Å². The van der Waals surface area contributed by atoms with Gasteiger partial charge in [0.2, 0.25) is 0 Å². The average Bonchev–Trinajstić information content (AvgIpc) is 2.20. The van der Waals surface area contributed by atoms with Gasteiger partial charge in [0.25, 0.3) is 0 Å². The third kappa shape index (κ3) is 3.77. The molecular weight excluding hydrogens is 198 g/mol. The first-order chi connectivity index (χ1) is 7.02. The number of rotatable bonds is 6. The van der Waals surface area contributed by atoms with Crippen molar-refractivity contribution < 1.29 is 19.4 Å². The van der Waals surface area contributed by atoms with Crippen molar-refractivity contribution in [3.8, 4) is 0 Å². The van der Waals surface area contributed by atoms with E-state index in [0.717, 1.165) is 0 Å². The standard InChI is InChI=1S/C10H19NO4/c1-4-10(5-2,8(12)13)7-11-9(14)15-6-3/h4-7H2,1-3H3,(H,11,14)(H,12,13). The van der Waals surface area contributed by atoms with E-state index in [1.54, 1.807) is 20.8 Å². The summed E-state index contributed by atoms with van der Waals surface area (Å²) in [5.74, 6) is -0.885. The Bertz CT molecular complexity index is 223. The number of carbonyl (C=O) groups excluding carboxylic acids is 1. The molecule has 5 heteroatoms. The van der Waals surface area contributed by atoms with E-state index >= 15 is 0 Å². The first kappa shape index (κ1) is 13.7. The predicted molar refractivity (Wildman–Crippen MR) is 55.7 cm³/mol. The molecule has 0 aromatic heterocycles. The second kappa shape index (κ2) is 6.27. The first-order valence-corrected chi connectivity index (χ1v) is 5.16. The zero-order valence-corrected chi connectivity index (χ0v) is 9.50. The van der Waals surface area contributed by atoms with Crippen LogP contribution in [0.1, 0.15) is 33.6 Å². The van der Waals surface area contributed by atoms with Crippen LogP contribution in [0.25, 0.3) is 0 Å². The molecule has 0 radical (unpaired) electrons. The molecule has 88 valence electrons. The quantitative estimate of drug-likeness (QED) is 0.709. The molecule has 0 aliphatic carbocycles. The van der Waals surface area contributed by atoms with Crippen molar-refractivity contribution >= 4 is 12.1 Å². The van der Waals surface area contributed by atoms with Crippen LogP contribution in [0.4, 0.5) is 4.79 Å². The summed E-state index contributed by atoms with van der Waals surface area (Å²) in [6.45, 7) is 5.68. The van der Waals surface area contributed by atoms with Gasteiger partial charge in [-0.15, -0.1) is 0 Å². The average molecular weight is 217 g/mol. The monoisotopic (exact) mass is 217 g/mol. The van der Waals surface area contributed by atoms with Gasteiger partial charge in [0.1, 0.15) is 0 Å². The Morgan fingerprint density at radius 3 is 2.13 bits per heavy atom. The molecule has 15 heavy (non-hydrogen) atoms. The second-order valence-electron chi connectivity index (χ2n) is 3.37. The number of aliphatic carboxylic acids is 1. The fourth-order valence-corrected chi connectivity index (χ4v) is 1.30. The highest BCUT2D eigenvalue weighted by molar-refractivity contribution is 5.76. The molecule has 0 atom stereocenters. The van der Waals surface area contributed by atoms with E-state index in [1.807, 2.05) is 0 Å². The van der Waals surface area contributed by atoms with Crippen molar-refractivity contribution in [1.29, 1.82) is 0 Å². The van der Waals surface area contributed by atoms with E-state index in [0.29, 0.717) is 12.8 Å². The zero-order chi connectivity index (χ0) is 11.9. The third-order valence-corrected chi connectivity index (χ3v) is 2.65. The van der Waals surface area contributed by atoms with Crippen LogP contribution in [0.2, 0.25) is 0 Å². The molecule has 0 bridgehead atoms. The van der Waals surface area contributed by atoms with Gasteiger partial charge in [-0.05, 0) is 19.8 Å². The van der Waals surface area contributed by atoms with E-state index in [-0.39, 0.29) is 13.2 Å². The molecule has 0 saturated heterocycles. The largest absolute Gasteiger partial charge is 0.481 e. The Morgan fingerprint density at radius 2 is 1.80 bits per heavy atom. The number of ether oxygens (including phenoxy) is 1. The van der Waals surface area contributed by atoms with Gasteiger partial charge in [-0.2, -0.15) is 0 Å². The van der Waals surface area contributed by atoms with E-state index in [1.165, 1.54) is 0 Å². The fraction of sp³-hybridized carbons (Fsp3) is 0.800. The maximum atomic E-state index is 11.1. The van der Waals surface area contributed by atoms with Crippen molar-refractivity contribution in [2.45, 2.75) is 33.6 Å². The minimum Gasteiger partial charge on any atom is -0.481 e. The Morgan fingerprint density at radius 1 is 1.27 bits per heavy atom. The highest BCUT2D eigenvalue weighted by Gasteiger charge is 2.35. The van der Waals surface area contributed by atoms with E-state index in [2.05, 4.69) is 10.1 Å². The molecular formula is C10H19NO4. The minimum atomic E-state index is -0.885. The van der Waals surface area contributed by atoms with Gasteiger partial charge in [0.15, 0.2) is 0 Å². The number of carbonyl (C=O) groups is 2. The molecule has 0 spiro atoms. The summed E-state index contributed by atoms with van der Waals surface area (Å²) in [7, 11) is 0. The van der Waals surface area contributed by atoms with Crippen LogP contribution < -0.4 is 5.32 Å². The molecule has 0 aromatic rings. The summed E-state index contributed by atoms with van der Waals surface area (Å²) in [5.41, 5.74) is -0.882. The molecule has 0 rings (SSSR count). The Hall–Kier alpha value is -1.26. The molecule has 0 aromatic carbocycles. The normalized spacial score (nSPS) is 10.9. The van der Waals surface area contributed by atoms with Gasteiger partial charge >= 0.3 is 12.1 Å². The summed E-state index contributed by atoms with van der Waals surface area (Å²) in [4.78, 5) is 22.1. The van der Waals surface area contributed by atoms with Gasteiger partial charge in [-0.1, -0.05) is 13.8 Å². The number of carboxylic acids is 1. The smallest absolute Gasteiger partial charge is 0.407 e. The number of nitrogens with one attached hydrogen (secondary N) is 1. The predicted octanol–water partition coefficient (Wildman–Crippen LogP) is 1.62. The highest BCUT2D eigenvalue weighted by atomic mass is 16.5. The molecule has 0 saturated carbocycles. The maximum Gasteiger partial charge on any atom is 0.407 e. The number of amides is 1. The van der Waals surface area contributed by atoms with Crippen LogP contribution in [-0.2, 0) is 9.53 Å². The van der Waals surface area contributed by atoms with E-state index < -0.39 is 17.5 Å². The molecule has 0 aliphatic rings. The summed E-state index contributed by atoms with van der Waals surface area (Å²) in [6, 6.07) is 0. The number of alkyl carbamates (subject to hydrolysis) is 1. The topological polar surface area (TPSA) is 75.6 Å². The molecule has 0 aliphatic heterocycles. The fourth-order valence-electron chi connectivity index (χ4n) is 1.30. The van der Waals surface area contributed by atoms with Crippen LogP contribution in [0, 0.1) is 5.41 Å². The van der Waals surface area contributed by atoms with Gasteiger partial charge in [0, 0.05) is 6.54 Å². The van der Waals surface area contributed by atoms with Crippen LogP contribution in [-0.4, -0.2) is 30.3 Å². The third-order valence-electron chi connectivity index (χ3n) is 2.65. The van der Waals surface area contributed by atoms with Crippen molar-refractivity contribution in [2.24, 2.45) is 5.41 Å². The van der Waals surface area contributed by atoms with Crippen molar-refractivity contribution in [1.82, 2.24) is 5.32 Å². The second-order valence-corrected chi connectivity index (χ2v) is 3.37. The molecule has 1 amide bonds. The van der Waals surface area contributed by atoms with E-state index in [9.17, 15) is 9.59 Å². The lowest BCUT2D eigenvalue weighted by molar-refractivity contribution is -0.149. The number of hydrogen-bond donors (Lipinski definition) is 2. The SMILES string of the molecule is CCOC(=O)NCC(CC)(CC)C(=O)O. The summed E-state index contributed by atoms with van der Waals surface area (Å²) in [5, 5.41) is 11.5. The van der Waals surface area contributed by atoms with Crippen LogP contribution in [0.15, 0.2) is 0 Å². The molecule has 0 heterocycles. The van der Waals surface area contributed by atoms with E-state index in [4.69, 9.17) is 5.11 Å². The Labute approximate surface area is 89.8 Å². The first-order valence-electron chi connectivity index (χ1n) is 5.16. The Kier molecular flexibility index (Phi) is 5.74. The maximum absolute atomic E-state index is 11.1. The summed E-state index contributed by atoms with van der Waals surface area (Å²) >= 11 is 0. The van der Waals surface area contributed by atoms with Crippen LogP contribution in [0.3, 0.4) is 0 Å². The molecule has 0 fully saturated rings. The van der Waals surface area contributed by atoms with Crippen molar-refractivity contribution in [3.05, 3.63) is 0 Å². The summed E-state index contributed by atoms with van der Waals surface area (Å²) in [6.07, 6.45) is 0.390. The van der Waals surface area contributed by atoms with Gasteiger partial charge in [-0.3, -0.25) is 4.79 Å². The molecule has 2 N–H and O–H groups in total. The Balaban J connectivity index is 4.30. The van der Waals surface area contributed by atoms with Crippen molar-refractivity contribution in [3.63, 3.8) is 0 Å². The zero-order valence-electron chi connectivity index (χ0n) is 9.50. The highest BCUT2D eigenvalue weighted by Crippen LogP contribution is 2.25. The lowest BCUT2D eigenvalue weighted by Crippen LogP contribution is -2.42. The lowest BCUT2D eigenvalue weighted by Gasteiger charge is -2.26. The molecule has 5 nitrogen and oxygen atoms in total. The van der Waals surface area contributed by atoms with Gasteiger partial charge < -0.3 is 15.2 Å². The number of hydrogen-bond acceptors (Lipinski definition) is 3. The van der Waals surface area contributed by atoms with Gasteiger partial charge in [-0.25, -0.2) is 4.79 Å². The number of carboxylic acid groups (broad SMARTS) is 1. The van der Waals surface area contributed by atoms with Crippen LogP contribution in [0.5, 0.6) is 0 Å². The van der Waals surface area contributed by atoms with Gasteiger partial charge in [0.05, 0.1) is 12.0 Å². The lowest BCUT2D eigenvalue weighted by atomic mass is 9.82. The summed E-state index contributed by atoms with van der Waals surface area (Å²) < 4.78 is 4.66. The minimum absolute atomic E-state index is 0.105. The van der Waals surface area contributed by atoms with Crippen LogP contribution >= 0.6 is 0 Å².